The SMILES string of the molecule is CCCOc1c(Br)cc(/C=C2/N=C(c3cc(F)c(F)cc3Cl)OC2=O)cc1Br. The smallest absolute Gasteiger partial charge is 0.363 e. The van der Waals surface area contributed by atoms with E-state index in [1.165, 1.54) is 6.08 Å². The Balaban J connectivity index is 1.95. The first-order chi connectivity index (χ1) is 13.3. The van der Waals surface area contributed by atoms with Crippen LogP contribution in [0.5, 0.6) is 5.75 Å². The summed E-state index contributed by atoms with van der Waals surface area (Å²) in [6.07, 6.45) is 2.36. The minimum absolute atomic E-state index is 0.00294. The number of carbonyl (C=O) groups is 1. The molecule has 0 aromatic heterocycles. The van der Waals surface area contributed by atoms with E-state index in [-0.39, 0.29) is 22.2 Å². The van der Waals surface area contributed by atoms with Gasteiger partial charge >= 0.3 is 5.97 Å². The monoisotopic (exact) mass is 533 g/mol. The number of aliphatic imine (C=N–C) groups is 1. The fourth-order valence-corrected chi connectivity index (χ4v) is 4.06. The summed E-state index contributed by atoms with van der Waals surface area (Å²) in [4.78, 5) is 16.2. The van der Waals surface area contributed by atoms with Crippen molar-refractivity contribution in [1.82, 2.24) is 0 Å². The van der Waals surface area contributed by atoms with Crippen molar-refractivity contribution in [3.05, 3.63) is 66.7 Å². The van der Waals surface area contributed by atoms with Gasteiger partial charge in [0.15, 0.2) is 17.3 Å². The van der Waals surface area contributed by atoms with Crippen LogP contribution in [-0.4, -0.2) is 18.5 Å². The van der Waals surface area contributed by atoms with Gasteiger partial charge in [-0.3, -0.25) is 0 Å². The van der Waals surface area contributed by atoms with Crippen molar-refractivity contribution in [2.24, 2.45) is 4.99 Å². The maximum Gasteiger partial charge on any atom is 0.363 e. The lowest BCUT2D eigenvalue weighted by molar-refractivity contribution is -0.129. The van der Waals surface area contributed by atoms with E-state index in [2.05, 4.69) is 36.9 Å². The lowest BCUT2D eigenvalue weighted by atomic mass is 10.2. The summed E-state index contributed by atoms with van der Waals surface area (Å²) in [6.45, 7) is 2.56. The summed E-state index contributed by atoms with van der Waals surface area (Å²) >= 11 is 12.8. The Morgan fingerprint density at radius 3 is 2.46 bits per heavy atom. The summed E-state index contributed by atoms with van der Waals surface area (Å²) in [7, 11) is 0. The summed E-state index contributed by atoms with van der Waals surface area (Å²) in [5, 5.41) is -0.116. The van der Waals surface area contributed by atoms with Crippen LogP contribution in [0.25, 0.3) is 6.08 Å². The number of esters is 1. The van der Waals surface area contributed by atoms with Gasteiger partial charge in [-0.1, -0.05) is 18.5 Å². The van der Waals surface area contributed by atoms with Crippen molar-refractivity contribution in [1.29, 1.82) is 0 Å². The summed E-state index contributed by atoms with van der Waals surface area (Å²) in [5.41, 5.74) is 0.635. The molecule has 9 heteroatoms. The largest absolute Gasteiger partial charge is 0.491 e. The van der Waals surface area contributed by atoms with E-state index < -0.39 is 17.6 Å². The zero-order valence-corrected chi connectivity index (χ0v) is 18.3. The molecular formula is C19H12Br2ClF2NO3. The molecular weight excluding hydrogens is 523 g/mol. The molecule has 146 valence electrons. The molecule has 0 radical (unpaired) electrons. The van der Waals surface area contributed by atoms with Crippen molar-refractivity contribution in [3.63, 3.8) is 0 Å². The van der Waals surface area contributed by atoms with Gasteiger partial charge < -0.3 is 9.47 Å². The molecule has 0 saturated carbocycles. The number of ether oxygens (including phenoxy) is 2. The fourth-order valence-electron chi connectivity index (χ4n) is 2.37. The van der Waals surface area contributed by atoms with Gasteiger partial charge in [0.05, 0.1) is 26.1 Å². The second-order valence-corrected chi connectivity index (χ2v) is 7.86. The highest BCUT2D eigenvalue weighted by molar-refractivity contribution is 9.11. The van der Waals surface area contributed by atoms with E-state index >= 15 is 0 Å². The number of halogens is 5. The normalized spacial score (nSPS) is 15.0. The van der Waals surface area contributed by atoms with Crippen LogP contribution in [0, 0.1) is 11.6 Å². The zero-order chi connectivity index (χ0) is 20.4. The van der Waals surface area contributed by atoms with Crippen molar-refractivity contribution < 1.29 is 23.0 Å². The third-order valence-electron chi connectivity index (χ3n) is 3.64. The average molecular weight is 536 g/mol. The van der Waals surface area contributed by atoms with Gasteiger partial charge in [0, 0.05) is 0 Å². The van der Waals surface area contributed by atoms with Gasteiger partial charge in [-0.2, -0.15) is 0 Å². The second-order valence-electron chi connectivity index (χ2n) is 5.74. The molecule has 0 saturated heterocycles. The molecule has 0 N–H and O–H groups in total. The van der Waals surface area contributed by atoms with Crippen molar-refractivity contribution in [2.45, 2.75) is 13.3 Å². The Hall–Kier alpha value is -1.77. The molecule has 0 atom stereocenters. The molecule has 0 fully saturated rings. The molecule has 4 nitrogen and oxygen atoms in total. The number of benzene rings is 2. The van der Waals surface area contributed by atoms with Gasteiger partial charge in [0.2, 0.25) is 5.90 Å². The van der Waals surface area contributed by atoms with Gasteiger partial charge in [-0.05, 0) is 74.2 Å². The van der Waals surface area contributed by atoms with Crippen LogP contribution in [0.4, 0.5) is 8.78 Å². The topological polar surface area (TPSA) is 47.9 Å². The van der Waals surface area contributed by atoms with Gasteiger partial charge in [-0.25, -0.2) is 18.6 Å². The highest BCUT2D eigenvalue weighted by Crippen LogP contribution is 2.36. The molecule has 1 aliphatic heterocycles. The van der Waals surface area contributed by atoms with Crippen LogP contribution in [0.15, 0.2) is 43.9 Å². The van der Waals surface area contributed by atoms with Crippen LogP contribution in [0.1, 0.15) is 24.5 Å². The number of rotatable bonds is 5. The number of nitrogens with zero attached hydrogens (tertiary/aromatic N) is 1. The molecule has 0 amide bonds. The average Bonchev–Trinajstić information content (AvgIpc) is 2.98. The summed E-state index contributed by atoms with van der Waals surface area (Å²) in [5.74, 6) is -2.49. The Kier molecular flexibility index (Phi) is 6.52. The first kappa shape index (κ1) is 21.0. The lowest BCUT2D eigenvalue weighted by Gasteiger charge is -2.10. The van der Waals surface area contributed by atoms with E-state index in [4.69, 9.17) is 21.1 Å². The number of hydrogen-bond donors (Lipinski definition) is 0. The maximum atomic E-state index is 13.5. The zero-order valence-electron chi connectivity index (χ0n) is 14.4. The van der Waals surface area contributed by atoms with Crippen molar-refractivity contribution in [2.75, 3.05) is 6.61 Å². The third kappa shape index (κ3) is 4.45. The highest BCUT2D eigenvalue weighted by atomic mass is 79.9. The Morgan fingerprint density at radius 1 is 1.18 bits per heavy atom. The molecule has 1 heterocycles. The van der Waals surface area contributed by atoms with E-state index in [1.54, 1.807) is 12.1 Å². The molecule has 0 bridgehead atoms. The van der Waals surface area contributed by atoms with Crippen molar-refractivity contribution in [3.8, 4) is 5.75 Å². The first-order valence-electron chi connectivity index (χ1n) is 8.09. The molecule has 3 rings (SSSR count). The van der Waals surface area contributed by atoms with Crippen LogP contribution >= 0.6 is 43.5 Å². The van der Waals surface area contributed by atoms with Gasteiger partial charge in [0.25, 0.3) is 0 Å². The molecule has 0 spiro atoms. The predicted octanol–water partition coefficient (Wildman–Crippen LogP) is 6.28. The summed E-state index contributed by atoms with van der Waals surface area (Å²) < 4.78 is 38.9. The molecule has 28 heavy (non-hydrogen) atoms. The minimum Gasteiger partial charge on any atom is -0.491 e. The van der Waals surface area contributed by atoms with E-state index in [1.807, 2.05) is 6.92 Å². The van der Waals surface area contributed by atoms with Gasteiger partial charge in [0.1, 0.15) is 5.75 Å². The Bertz CT molecular complexity index is 1000. The van der Waals surface area contributed by atoms with Crippen LogP contribution in [0.2, 0.25) is 5.02 Å². The summed E-state index contributed by atoms with van der Waals surface area (Å²) in [6, 6.07) is 5.15. The van der Waals surface area contributed by atoms with E-state index in [9.17, 15) is 13.6 Å². The first-order valence-corrected chi connectivity index (χ1v) is 10.1. The maximum absolute atomic E-state index is 13.5. The van der Waals surface area contributed by atoms with Crippen LogP contribution in [0.3, 0.4) is 0 Å². The third-order valence-corrected chi connectivity index (χ3v) is 5.13. The van der Waals surface area contributed by atoms with Crippen LogP contribution < -0.4 is 4.74 Å². The van der Waals surface area contributed by atoms with Crippen LogP contribution in [-0.2, 0) is 9.53 Å². The Morgan fingerprint density at radius 2 is 1.82 bits per heavy atom. The quantitative estimate of drug-likeness (QED) is 0.257. The molecule has 2 aromatic rings. The van der Waals surface area contributed by atoms with E-state index in [0.29, 0.717) is 26.9 Å². The minimum atomic E-state index is -1.12. The van der Waals surface area contributed by atoms with Gasteiger partial charge in [-0.15, -0.1) is 0 Å². The molecule has 2 aromatic carbocycles. The lowest BCUT2D eigenvalue weighted by Crippen LogP contribution is -2.07. The molecule has 0 aliphatic carbocycles. The number of cyclic esters (lactones) is 1. The Labute approximate surface area is 181 Å². The highest BCUT2D eigenvalue weighted by Gasteiger charge is 2.27. The van der Waals surface area contributed by atoms with E-state index in [0.717, 1.165) is 18.6 Å². The standard InChI is InChI=1S/C19H12Br2ClF2NO3/c1-2-3-27-17-11(20)4-9(5-12(17)21)6-16-19(26)28-18(25-16)10-7-14(23)15(24)8-13(10)22/h4-8H,2-3H2,1H3/b16-6+. The fraction of sp³-hybridized carbons (Fsp3) is 0.158. The molecule has 0 unspecified atom stereocenters. The number of carbonyl (C=O) groups excluding carboxylic acids is 1. The molecule has 1 aliphatic rings. The second kappa shape index (κ2) is 8.71. The number of hydrogen-bond acceptors (Lipinski definition) is 4. The van der Waals surface area contributed by atoms with Crippen molar-refractivity contribution >= 4 is 61.4 Å². The predicted molar refractivity (Wildman–Crippen MR) is 110 cm³/mol.